The first-order valence-electron chi connectivity index (χ1n) is 8.92. The van der Waals surface area contributed by atoms with Crippen LogP contribution in [0, 0.1) is 0 Å². The van der Waals surface area contributed by atoms with Gasteiger partial charge in [-0.1, -0.05) is 0 Å². The molecule has 4 N–H and O–H groups in total. The highest BCUT2D eigenvalue weighted by Gasteiger charge is 2.24. The molecule has 0 atom stereocenters. The topological polar surface area (TPSA) is 101 Å². The number of carbonyl (C=O) groups is 1. The van der Waals surface area contributed by atoms with Gasteiger partial charge in [-0.2, -0.15) is 0 Å². The van der Waals surface area contributed by atoms with Crippen LogP contribution >= 0.6 is 0 Å². The number of aliphatic imine (C=N–C) groups is 1. The maximum atomic E-state index is 11.8. The van der Waals surface area contributed by atoms with Crippen molar-refractivity contribution in [1.29, 1.82) is 0 Å². The second-order valence-corrected chi connectivity index (χ2v) is 7.95. The summed E-state index contributed by atoms with van der Waals surface area (Å²) in [7, 11) is 0. The number of guanidine groups is 1. The lowest BCUT2D eigenvalue weighted by Crippen LogP contribution is -2.48. The lowest BCUT2D eigenvalue weighted by Gasteiger charge is -2.27. The van der Waals surface area contributed by atoms with E-state index in [1.165, 1.54) is 0 Å². The largest absolute Gasteiger partial charge is 0.444 e. The predicted molar refractivity (Wildman–Crippen MR) is 99.8 cm³/mol. The fraction of sp³-hybridized carbons (Fsp3) is 0.882. The van der Waals surface area contributed by atoms with E-state index in [0.29, 0.717) is 12.5 Å². The van der Waals surface area contributed by atoms with Crippen LogP contribution in [0.1, 0.15) is 41.0 Å². The minimum absolute atomic E-state index is 0.370. The summed E-state index contributed by atoms with van der Waals surface area (Å²) < 4.78 is 10.6. The van der Waals surface area contributed by atoms with Gasteiger partial charge in [-0.05, 0) is 47.6 Å². The van der Waals surface area contributed by atoms with Crippen LogP contribution in [0.3, 0.4) is 0 Å². The molecule has 1 saturated heterocycles. The minimum atomic E-state index is -0.539. The molecule has 146 valence electrons. The van der Waals surface area contributed by atoms with Gasteiger partial charge in [0.15, 0.2) is 5.96 Å². The molecular formula is C17H35N5O3. The third-order valence-electron chi connectivity index (χ3n) is 3.54. The highest BCUT2D eigenvalue weighted by molar-refractivity contribution is 5.77. The van der Waals surface area contributed by atoms with Gasteiger partial charge >= 0.3 is 6.09 Å². The summed E-state index contributed by atoms with van der Waals surface area (Å²) >= 11 is 0. The summed E-state index contributed by atoms with van der Waals surface area (Å²) in [6, 6.07) is 0. The van der Waals surface area contributed by atoms with Crippen LogP contribution in [0.4, 0.5) is 4.79 Å². The Labute approximate surface area is 151 Å². The molecule has 0 radical (unpaired) electrons. The van der Waals surface area contributed by atoms with Crippen LogP contribution in [0.15, 0.2) is 4.99 Å². The summed E-state index contributed by atoms with van der Waals surface area (Å²) in [5.74, 6) is 0.390. The number of alkyl carbamates (subject to hydrolysis) is 1. The molecule has 0 unspecified atom stereocenters. The number of nitrogens with two attached hydrogens (primary N) is 1. The van der Waals surface area contributed by atoms with E-state index in [1.54, 1.807) is 0 Å². The zero-order valence-corrected chi connectivity index (χ0v) is 16.4. The first-order valence-corrected chi connectivity index (χ1v) is 8.92. The molecule has 0 bridgehead atoms. The number of amides is 1. The second-order valence-electron chi connectivity index (χ2n) is 7.95. The Kier molecular flexibility index (Phi) is 8.44. The van der Waals surface area contributed by atoms with Crippen molar-refractivity contribution in [3.63, 3.8) is 0 Å². The van der Waals surface area contributed by atoms with Gasteiger partial charge in [-0.15, -0.1) is 0 Å². The van der Waals surface area contributed by atoms with Crippen molar-refractivity contribution in [1.82, 2.24) is 15.5 Å². The number of morpholine rings is 1. The Bertz CT molecular complexity index is 440. The van der Waals surface area contributed by atoms with E-state index < -0.39 is 17.2 Å². The predicted octanol–water partition coefficient (Wildman–Crippen LogP) is 0.916. The molecule has 0 saturated carbocycles. The Morgan fingerprint density at radius 1 is 1.24 bits per heavy atom. The number of carbonyl (C=O) groups excluding carboxylic acids is 1. The molecular weight excluding hydrogens is 322 g/mol. The molecule has 0 aromatic rings. The van der Waals surface area contributed by atoms with Gasteiger partial charge in [0, 0.05) is 19.6 Å². The summed E-state index contributed by atoms with van der Waals surface area (Å²) in [6.07, 6.45) is 0.542. The standard InChI is InChI=1S/C17H35N5O3/c1-16(2,3)25-15(23)21-17(4,5)13-20-14(18)19-7-6-8-22-9-11-24-12-10-22/h6-13H2,1-5H3,(H,21,23)(H3,18,19,20). The first-order chi connectivity index (χ1) is 11.6. The summed E-state index contributed by atoms with van der Waals surface area (Å²) in [5.41, 5.74) is 4.83. The van der Waals surface area contributed by atoms with Crippen molar-refractivity contribution in [2.45, 2.75) is 52.2 Å². The van der Waals surface area contributed by atoms with E-state index in [0.717, 1.165) is 45.8 Å². The highest BCUT2D eigenvalue weighted by atomic mass is 16.6. The van der Waals surface area contributed by atoms with Crippen LogP contribution in [0.2, 0.25) is 0 Å². The van der Waals surface area contributed by atoms with Crippen molar-refractivity contribution in [3.05, 3.63) is 0 Å². The lowest BCUT2D eigenvalue weighted by atomic mass is 10.1. The van der Waals surface area contributed by atoms with Crippen LogP contribution < -0.4 is 16.4 Å². The molecule has 1 fully saturated rings. The second kappa shape index (κ2) is 9.82. The van der Waals surface area contributed by atoms with Gasteiger partial charge in [0.1, 0.15) is 5.60 Å². The van der Waals surface area contributed by atoms with Gasteiger partial charge in [-0.3, -0.25) is 9.89 Å². The Morgan fingerprint density at radius 2 is 1.88 bits per heavy atom. The average molecular weight is 357 g/mol. The number of hydrogen-bond acceptors (Lipinski definition) is 5. The molecule has 8 heteroatoms. The van der Waals surface area contributed by atoms with Crippen molar-refractivity contribution >= 4 is 12.1 Å². The molecule has 0 aromatic heterocycles. The van der Waals surface area contributed by atoms with E-state index in [-0.39, 0.29) is 0 Å². The average Bonchev–Trinajstić information content (AvgIpc) is 2.48. The van der Waals surface area contributed by atoms with Crippen LogP contribution in [-0.2, 0) is 9.47 Å². The van der Waals surface area contributed by atoms with E-state index >= 15 is 0 Å². The zero-order chi connectivity index (χ0) is 18.9. The molecule has 1 amide bonds. The molecule has 0 aromatic carbocycles. The zero-order valence-electron chi connectivity index (χ0n) is 16.4. The first kappa shape index (κ1) is 21.5. The minimum Gasteiger partial charge on any atom is -0.444 e. The van der Waals surface area contributed by atoms with Gasteiger partial charge in [0.25, 0.3) is 0 Å². The van der Waals surface area contributed by atoms with Gasteiger partial charge < -0.3 is 25.8 Å². The normalized spacial score (nSPS) is 17.2. The quantitative estimate of drug-likeness (QED) is 0.356. The Morgan fingerprint density at radius 3 is 2.48 bits per heavy atom. The molecule has 8 nitrogen and oxygen atoms in total. The van der Waals surface area contributed by atoms with Gasteiger partial charge in [-0.25, -0.2) is 4.79 Å². The number of nitrogens with one attached hydrogen (secondary N) is 2. The molecule has 0 spiro atoms. The van der Waals surface area contributed by atoms with Crippen molar-refractivity contribution in [2.75, 3.05) is 45.9 Å². The molecule has 1 aliphatic heterocycles. The SMILES string of the molecule is CC(C)(CN=C(N)NCCCN1CCOCC1)NC(=O)OC(C)(C)C. The molecule has 1 heterocycles. The van der Waals surface area contributed by atoms with E-state index in [1.807, 2.05) is 34.6 Å². The highest BCUT2D eigenvalue weighted by Crippen LogP contribution is 2.09. The van der Waals surface area contributed by atoms with Gasteiger partial charge in [0.05, 0.1) is 25.3 Å². The Balaban J connectivity index is 2.24. The summed E-state index contributed by atoms with van der Waals surface area (Å²) in [5, 5.41) is 5.92. The van der Waals surface area contributed by atoms with Crippen LogP contribution in [0.5, 0.6) is 0 Å². The fourth-order valence-electron chi connectivity index (χ4n) is 2.30. The van der Waals surface area contributed by atoms with E-state index in [9.17, 15) is 4.79 Å². The molecule has 25 heavy (non-hydrogen) atoms. The van der Waals surface area contributed by atoms with Crippen LogP contribution in [-0.4, -0.2) is 74.0 Å². The lowest BCUT2D eigenvalue weighted by molar-refractivity contribution is 0.0376. The monoisotopic (exact) mass is 357 g/mol. The van der Waals surface area contributed by atoms with Crippen molar-refractivity contribution in [2.24, 2.45) is 10.7 Å². The number of hydrogen-bond donors (Lipinski definition) is 3. The Hall–Kier alpha value is -1.54. The smallest absolute Gasteiger partial charge is 0.408 e. The van der Waals surface area contributed by atoms with Crippen molar-refractivity contribution in [3.8, 4) is 0 Å². The summed E-state index contributed by atoms with van der Waals surface area (Å²) in [4.78, 5) is 18.5. The summed E-state index contributed by atoms with van der Waals surface area (Å²) in [6.45, 7) is 15.0. The number of rotatable bonds is 7. The third kappa shape index (κ3) is 10.8. The molecule has 1 aliphatic rings. The third-order valence-corrected chi connectivity index (χ3v) is 3.54. The molecule has 0 aliphatic carbocycles. The van der Waals surface area contributed by atoms with E-state index in [4.69, 9.17) is 15.2 Å². The fourth-order valence-corrected chi connectivity index (χ4v) is 2.30. The van der Waals surface area contributed by atoms with Crippen molar-refractivity contribution < 1.29 is 14.3 Å². The van der Waals surface area contributed by atoms with E-state index in [2.05, 4.69) is 20.5 Å². The number of nitrogens with zero attached hydrogens (tertiary/aromatic N) is 2. The maximum Gasteiger partial charge on any atom is 0.408 e. The molecule has 1 rings (SSSR count). The number of ether oxygens (including phenoxy) is 2. The maximum absolute atomic E-state index is 11.8. The van der Waals surface area contributed by atoms with Gasteiger partial charge in [0.2, 0.25) is 0 Å². The van der Waals surface area contributed by atoms with Crippen LogP contribution in [0.25, 0.3) is 0 Å².